The molecule has 8 unspecified atom stereocenters. The number of halogens is 1. The number of piperazine rings is 1. The van der Waals surface area contributed by atoms with E-state index in [0.29, 0.717) is 48.5 Å². The van der Waals surface area contributed by atoms with Gasteiger partial charge in [-0.05, 0) is 124 Å². The van der Waals surface area contributed by atoms with Crippen LogP contribution in [0.5, 0.6) is 5.75 Å². The van der Waals surface area contributed by atoms with Crippen LogP contribution in [0.3, 0.4) is 0 Å². The lowest BCUT2D eigenvalue weighted by Gasteiger charge is -2.48. The number of nitrogens with one attached hydrogen (secondary N) is 1. The predicted molar refractivity (Wildman–Crippen MR) is 232 cm³/mol. The van der Waals surface area contributed by atoms with Crippen molar-refractivity contribution >= 4 is 34.6 Å². The summed E-state index contributed by atoms with van der Waals surface area (Å²) in [6.07, 6.45) is 15.4. The van der Waals surface area contributed by atoms with E-state index < -0.39 is 11.0 Å². The fraction of sp³-hybridized carbons (Fsp3) is 0.667. The van der Waals surface area contributed by atoms with E-state index >= 15 is 0 Å². The molecule has 2 aromatic rings. The van der Waals surface area contributed by atoms with Gasteiger partial charge in [0.15, 0.2) is 0 Å². The first kappa shape index (κ1) is 44.8. The lowest BCUT2D eigenvalue weighted by atomic mass is 9.66. The minimum absolute atomic E-state index is 0.0990. The van der Waals surface area contributed by atoms with Gasteiger partial charge >= 0.3 is 0 Å². The molecule has 3 fully saturated rings. The third-order valence-electron chi connectivity index (χ3n) is 12.8. The first-order chi connectivity index (χ1) is 27.2. The number of anilines is 1. The zero-order chi connectivity index (χ0) is 40.0. The number of aliphatic hydroxyl groups excluding tert-OH is 1. The lowest BCUT2D eigenvalue weighted by molar-refractivity contribution is 0.0283. The molecule has 3 aliphatic heterocycles. The Balaban J connectivity index is 0.00000113. The summed E-state index contributed by atoms with van der Waals surface area (Å²) in [5, 5.41) is 8.83. The number of rotatable bonds is 17. The number of aliphatic hydroxyl groups is 1. The Morgan fingerprint density at radius 2 is 1.93 bits per heavy atom. The Labute approximate surface area is 345 Å². The van der Waals surface area contributed by atoms with Gasteiger partial charge in [-0.25, -0.2) is 8.93 Å². The van der Waals surface area contributed by atoms with Crippen molar-refractivity contribution < 1.29 is 23.6 Å². The number of piperidine rings is 1. The summed E-state index contributed by atoms with van der Waals surface area (Å²) >= 11 is 6.49. The first-order valence-electron chi connectivity index (χ1n) is 21.3. The molecule has 312 valence electrons. The molecule has 0 radical (unpaired) electrons. The Hall–Kier alpha value is -2.31. The molecule has 9 nitrogen and oxygen atoms in total. The van der Waals surface area contributed by atoms with E-state index in [2.05, 4.69) is 69.2 Å². The van der Waals surface area contributed by atoms with E-state index in [1.807, 2.05) is 24.3 Å². The Bertz CT molecular complexity index is 1580. The Kier molecular flexibility index (Phi) is 18.2. The summed E-state index contributed by atoms with van der Waals surface area (Å²) in [7, 11) is 2.31. The highest BCUT2D eigenvalue weighted by Crippen LogP contribution is 2.45. The van der Waals surface area contributed by atoms with E-state index in [0.717, 1.165) is 68.2 Å². The maximum atomic E-state index is 12.5. The zero-order valence-electron chi connectivity index (χ0n) is 34.7. The molecular weight excluding hydrogens is 744 g/mol. The number of nitrogens with zero attached hydrogens (tertiary/aromatic N) is 3. The third-order valence-corrected chi connectivity index (χ3v) is 14.6. The number of hydrogen-bond donors (Lipinski definition) is 2. The highest BCUT2D eigenvalue weighted by molar-refractivity contribution is 7.83. The van der Waals surface area contributed by atoms with Crippen molar-refractivity contribution in [2.75, 3.05) is 84.7 Å². The van der Waals surface area contributed by atoms with Crippen molar-refractivity contribution in [3.05, 3.63) is 70.3 Å². The van der Waals surface area contributed by atoms with Crippen molar-refractivity contribution in [1.29, 1.82) is 0 Å². The maximum Gasteiger partial charge on any atom is 0.150 e. The van der Waals surface area contributed by atoms with Crippen molar-refractivity contribution in [2.45, 2.75) is 89.3 Å². The second kappa shape index (κ2) is 22.7. The Morgan fingerprint density at radius 1 is 1.09 bits per heavy atom. The highest BCUT2D eigenvalue weighted by atomic mass is 35.5. The third kappa shape index (κ3) is 12.1. The van der Waals surface area contributed by atoms with Crippen LogP contribution >= 0.6 is 11.6 Å². The van der Waals surface area contributed by atoms with Crippen LogP contribution in [-0.2, 0) is 22.1 Å². The summed E-state index contributed by atoms with van der Waals surface area (Å²) < 4.78 is 26.4. The molecule has 0 aromatic heterocycles. The second-order valence-corrected chi connectivity index (χ2v) is 18.7. The van der Waals surface area contributed by atoms with Crippen molar-refractivity contribution in [3.8, 4) is 5.75 Å². The number of aldehydes is 1. The van der Waals surface area contributed by atoms with Crippen molar-refractivity contribution in [1.82, 2.24) is 14.5 Å². The van der Waals surface area contributed by atoms with Crippen LogP contribution in [-0.4, -0.2) is 116 Å². The molecule has 56 heavy (non-hydrogen) atoms. The molecule has 0 amide bonds. The van der Waals surface area contributed by atoms with Gasteiger partial charge in [-0.3, -0.25) is 14.6 Å². The first-order valence-corrected chi connectivity index (χ1v) is 22.8. The molecule has 4 aliphatic rings. The lowest BCUT2D eigenvalue weighted by Crippen LogP contribution is -2.56. The largest absolute Gasteiger partial charge is 0.491 e. The average molecular weight is 814 g/mol. The fourth-order valence-corrected chi connectivity index (χ4v) is 10.3. The molecule has 11 heteroatoms. The van der Waals surface area contributed by atoms with E-state index in [4.69, 9.17) is 21.4 Å². The van der Waals surface area contributed by atoms with Gasteiger partial charge in [0, 0.05) is 74.2 Å². The normalized spacial score (nSPS) is 25.0. The van der Waals surface area contributed by atoms with Gasteiger partial charge in [-0.15, -0.1) is 0 Å². The quantitative estimate of drug-likeness (QED) is 0.126. The number of hydrogen-bond acceptors (Lipinski definition) is 8. The molecule has 6 rings (SSSR count). The van der Waals surface area contributed by atoms with Crippen molar-refractivity contribution in [2.24, 2.45) is 23.7 Å². The topological polar surface area (TPSA) is 94.6 Å². The monoisotopic (exact) mass is 812 g/mol. The number of carbonyl (C=O) groups is 1. The van der Waals surface area contributed by atoms with Crippen LogP contribution in [0.25, 0.3) is 0 Å². The van der Waals surface area contributed by atoms with Crippen LogP contribution < -0.4 is 14.4 Å². The molecule has 1 saturated carbocycles. The summed E-state index contributed by atoms with van der Waals surface area (Å²) in [5.41, 5.74) is 4.36. The van der Waals surface area contributed by atoms with Gasteiger partial charge in [-0.1, -0.05) is 56.5 Å². The van der Waals surface area contributed by atoms with Crippen LogP contribution in [0, 0.1) is 23.7 Å². The van der Waals surface area contributed by atoms with Crippen LogP contribution in [0.2, 0.25) is 5.02 Å². The maximum absolute atomic E-state index is 12.5. The van der Waals surface area contributed by atoms with Gasteiger partial charge in [0.25, 0.3) is 0 Å². The molecular formula is C45H69ClN4O5S. The zero-order valence-corrected chi connectivity index (χ0v) is 36.2. The van der Waals surface area contributed by atoms with Crippen LogP contribution in [0.4, 0.5) is 5.69 Å². The molecule has 2 aromatic carbocycles. The number of ether oxygens (including phenoxy) is 2. The van der Waals surface area contributed by atoms with Gasteiger partial charge in [-0.2, -0.15) is 0 Å². The second-order valence-electron chi connectivity index (χ2n) is 16.5. The van der Waals surface area contributed by atoms with Crippen molar-refractivity contribution in [3.63, 3.8) is 0 Å². The number of benzene rings is 2. The van der Waals surface area contributed by atoms with E-state index in [1.54, 1.807) is 14.2 Å². The van der Waals surface area contributed by atoms with Gasteiger partial charge in [0.2, 0.25) is 0 Å². The molecule has 2 saturated heterocycles. The van der Waals surface area contributed by atoms with Crippen LogP contribution in [0.15, 0.2) is 48.6 Å². The average Bonchev–Trinajstić information content (AvgIpc) is 3.38. The van der Waals surface area contributed by atoms with Crippen LogP contribution in [0.1, 0.15) is 93.1 Å². The summed E-state index contributed by atoms with van der Waals surface area (Å²) in [6.45, 7) is 15.4. The number of methoxy groups -OCH3 is 1. The number of aryl methyl sites for hydroxylation is 1. The summed E-state index contributed by atoms with van der Waals surface area (Å²) in [5.74, 6) is 3.02. The Morgan fingerprint density at radius 3 is 2.62 bits per heavy atom. The molecule has 1 aliphatic carbocycles. The minimum atomic E-state index is -1.02. The fourth-order valence-electron chi connectivity index (χ4n) is 9.24. The summed E-state index contributed by atoms with van der Waals surface area (Å²) in [6, 6.07) is 13.0. The SMILES string of the molecule is CCCc1cc(Cl)ccc1C1COc2ccc(C=O)cc2N(CC2CCC2C(/C=C/CC(C)C(C)S(=O)NC)CN2CCN3CCCCC3C2)C1.COCCO. The standard InChI is InChI=1S/C42H61ClN4O3S.C3H8O2/c1-5-9-33-23-37(43)15-17-39(33)36-26-47(41-22-32(28-48)13-18-42(41)50-29-36)25-35-14-16-40(35)34(11-8-10-30(2)31(3)51(49)44-4)24-45-20-21-46-19-7-6-12-38(46)27-45;1-5-3-2-4/h8,11,13,15,17-18,22-23,28,30-31,34-36,38,40,44H,5-7,9-10,12,14,16,19-21,24-27,29H2,1-4H3;4H,2-3H2,1H3/b11-8+;. The summed E-state index contributed by atoms with van der Waals surface area (Å²) in [4.78, 5) is 20.0. The minimum Gasteiger partial charge on any atom is -0.491 e. The molecule has 0 spiro atoms. The number of allylic oxidation sites excluding steroid dienone is 1. The van der Waals surface area contributed by atoms with Gasteiger partial charge < -0.3 is 19.5 Å². The molecule has 8 atom stereocenters. The van der Waals surface area contributed by atoms with Gasteiger partial charge in [0.1, 0.15) is 12.0 Å². The smallest absolute Gasteiger partial charge is 0.150 e. The highest BCUT2D eigenvalue weighted by Gasteiger charge is 2.40. The van der Waals surface area contributed by atoms with E-state index in [-0.39, 0.29) is 17.8 Å². The number of fused-ring (bicyclic) bond motifs is 2. The van der Waals surface area contributed by atoms with E-state index in [9.17, 15) is 9.00 Å². The molecule has 2 N–H and O–H groups in total. The van der Waals surface area contributed by atoms with Gasteiger partial charge in [0.05, 0.1) is 36.5 Å². The predicted octanol–water partition coefficient (Wildman–Crippen LogP) is 7.38. The molecule has 0 bridgehead atoms. The molecule has 3 heterocycles. The number of carbonyl (C=O) groups excluding carboxylic acids is 1. The van der Waals surface area contributed by atoms with E-state index in [1.165, 1.54) is 62.9 Å².